The van der Waals surface area contributed by atoms with Crippen molar-refractivity contribution in [3.05, 3.63) is 24.3 Å². The second kappa shape index (κ2) is 10.9. The van der Waals surface area contributed by atoms with Crippen molar-refractivity contribution in [2.45, 2.75) is 39.0 Å². The van der Waals surface area contributed by atoms with Gasteiger partial charge in [0.05, 0.1) is 0 Å². The average Bonchev–Trinajstić information content (AvgIpc) is 3.10. The van der Waals surface area contributed by atoms with Gasteiger partial charge in [0.1, 0.15) is 0 Å². The van der Waals surface area contributed by atoms with Crippen molar-refractivity contribution in [2.75, 3.05) is 36.4 Å². The van der Waals surface area contributed by atoms with E-state index < -0.39 is 0 Å². The van der Waals surface area contributed by atoms with Crippen molar-refractivity contribution in [3.63, 3.8) is 0 Å². The number of carbonyl (C=O) groups excluding carboxylic acids is 1. The van der Waals surface area contributed by atoms with E-state index in [4.69, 9.17) is 0 Å². The number of carbonyl (C=O) groups is 1. The van der Waals surface area contributed by atoms with Gasteiger partial charge in [0.2, 0.25) is 5.91 Å². The van der Waals surface area contributed by atoms with E-state index in [0.29, 0.717) is 18.3 Å². The van der Waals surface area contributed by atoms with Crippen molar-refractivity contribution in [1.82, 2.24) is 5.32 Å². The number of anilines is 2. The molecule has 2 unspecified atom stereocenters. The minimum Gasteiger partial charge on any atom is -0.371 e. The molecule has 0 aliphatic carbocycles. The van der Waals surface area contributed by atoms with Crippen LogP contribution in [0.3, 0.4) is 0 Å². The van der Waals surface area contributed by atoms with Gasteiger partial charge in [-0.15, -0.1) is 24.8 Å². The lowest BCUT2D eigenvalue weighted by molar-refractivity contribution is -0.117. The van der Waals surface area contributed by atoms with Crippen LogP contribution >= 0.6 is 24.8 Å². The highest BCUT2D eigenvalue weighted by Gasteiger charge is 2.22. The van der Waals surface area contributed by atoms with Gasteiger partial charge < -0.3 is 15.5 Å². The number of hydrogen-bond donors (Lipinski definition) is 2. The zero-order valence-electron chi connectivity index (χ0n) is 15.0. The fourth-order valence-corrected chi connectivity index (χ4v) is 3.79. The van der Waals surface area contributed by atoms with Crippen LogP contribution in [0.2, 0.25) is 0 Å². The first kappa shape index (κ1) is 22.1. The molecule has 2 aliphatic heterocycles. The van der Waals surface area contributed by atoms with Crippen LogP contribution < -0.4 is 15.5 Å². The summed E-state index contributed by atoms with van der Waals surface area (Å²) in [5.41, 5.74) is 2.15. The summed E-state index contributed by atoms with van der Waals surface area (Å²) in [4.78, 5) is 14.7. The molecule has 2 aliphatic rings. The molecule has 2 atom stereocenters. The number of nitrogens with one attached hydrogen (secondary N) is 2. The topological polar surface area (TPSA) is 44.4 Å². The molecule has 0 bridgehead atoms. The summed E-state index contributed by atoms with van der Waals surface area (Å²) < 4.78 is 0. The third-order valence-corrected chi connectivity index (χ3v) is 5.25. The summed E-state index contributed by atoms with van der Waals surface area (Å²) >= 11 is 0. The Hall–Kier alpha value is -0.970. The number of nitrogens with zero attached hydrogens (tertiary/aromatic N) is 1. The summed E-state index contributed by atoms with van der Waals surface area (Å²) in [5, 5.41) is 6.53. The summed E-state index contributed by atoms with van der Waals surface area (Å²) in [6, 6.07) is 8.27. The Balaban J connectivity index is 0.00000156. The quantitative estimate of drug-likeness (QED) is 0.799. The maximum Gasteiger partial charge on any atom is 0.224 e. The van der Waals surface area contributed by atoms with Crippen LogP contribution in [0.25, 0.3) is 0 Å². The number of amides is 1. The molecular weight excluding hydrogens is 357 g/mol. The standard InChI is InChI=1S/C19H29N3O.2ClH/c1-15(16-6-5-9-20-14-16)12-19(23)21-17-7-4-8-18(13-17)22-10-2-3-11-22;;/h4,7-8,13,15-16,20H,2-3,5-6,9-12,14H2,1H3,(H,21,23);2*1H. The molecule has 2 saturated heterocycles. The predicted molar refractivity (Wildman–Crippen MR) is 110 cm³/mol. The van der Waals surface area contributed by atoms with Gasteiger partial charge in [-0.05, 0) is 68.8 Å². The number of hydrogen-bond acceptors (Lipinski definition) is 3. The zero-order chi connectivity index (χ0) is 16.1. The molecule has 0 saturated carbocycles. The maximum absolute atomic E-state index is 12.4. The number of benzene rings is 1. The van der Waals surface area contributed by atoms with Gasteiger partial charge in [-0.25, -0.2) is 0 Å². The lowest BCUT2D eigenvalue weighted by Gasteiger charge is -2.28. The number of piperidine rings is 1. The van der Waals surface area contributed by atoms with Crippen molar-refractivity contribution in [1.29, 1.82) is 0 Å². The van der Waals surface area contributed by atoms with Gasteiger partial charge >= 0.3 is 0 Å². The summed E-state index contributed by atoms with van der Waals surface area (Å²) in [6.45, 7) is 6.64. The minimum absolute atomic E-state index is 0. The predicted octanol–water partition coefficient (Wildman–Crippen LogP) is 4.09. The molecular formula is C19H31Cl2N3O. The average molecular weight is 388 g/mol. The van der Waals surface area contributed by atoms with E-state index in [0.717, 1.165) is 31.9 Å². The summed E-state index contributed by atoms with van der Waals surface area (Å²) in [6.07, 6.45) is 5.62. The Labute approximate surface area is 163 Å². The molecule has 3 rings (SSSR count). The first-order chi connectivity index (χ1) is 11.2. The molecule has 2 heterocycles. The first-order valence-electron chi connectivity index (χ1n) is 9.08. The first-order valence-corrected chi connectivity index (χ1v) is 9.08. The normalized spacial score (nSPS) is 21.0. The Bertz CT molecular complexity index is 529. The van der Waals surface area contributed by atoms with Gasteiger partial charge in [0.25, 0.3) is 0 Å². The molecule has 0 spiro atoms. The second-order valence-electron chi connectivity index (χ2n) is 7.08. The lowest BCUT2D eigenvalue weighted by atomic mass is 9.85. The summed E-state index contributed by atoms with van der Waals surface area (Å²) in [5.74, 6) is 1.21. The highest BCUT2D eigenvalue weighted by atomic mass is 35.5. The van der Waals surface area contributed by atoms with Crippen molar-refractivity contribution < 1.29 is 4.79 Å². The van der Waals surface area contributed by atoms with E-state index in [1.807, 2.05) is 12.1 Å². The third-order valence-electron chi connectivity index (χ3n) is 5.25. The molecule has 2 N–H and O–H groups in total. The zero-order valence-corrected chi connectivity index (χ0v) is 16.6. The van der Waals surface area contributed by atoms with E-state index in [-0.39, 0.29) is 30.7 Å². The van der Waals surface area contributed by atoms with Gasteiger partial charge in [0.15, 0.2) is 0 Å². The summed E-state index contributed by atoms with van der Waals surface area (Å²) in [7, 11) is 0. The lowest BCUT2D eigenvalue weighted by Crippen LogP contribution is -2.34. The van der Waals surface area contributed by atoms with Gasteiger partial charge in [-0.2, -0.15) is 0 Å². The van der Waals surface area contributed by atoms with Gasteiger partial charge in [-0.1, -0.05) is 13.0 Å². The Morgan fingerprint density at radius 1 is 1.28 bits per heavy atom. The highest BCUT2D eigenvalue weighted by molar-refractivity contribution is 5.91. The van der Waals surface area contributed by atoms with Crippen LogP contribution in [-0.4, -0.2) is 32.1 Å². The van der Waals surface area contributed by atoms with Crippen LogP contribution in [-0.2, 0) is 4.79 Å². The number of rotatable bonds is 5. The molecule has 25 heavy (non-hydrogen) atoms. The van der Waals surface area contributed by atoms with Crippen molar-refractivity contribution in [3.8, 4) is 0 Å². The maximum atomic E-state index is 12.4. The van der Waals surface area contributed by atoms with Crippen LogP contribution in [0.5, 0.6) is 0 Å². The van der Waals surface area contributed by atoms with Gasteiger partial charge in [0, 0.05) is 30.9 Å². The number of halogens is 2. The van der Waals surface area contributed by atoms with Crippen molar-refractivity contribution in [2.24, 2.45) is 11.8 Å². The van der Waals surface area contributed by atoms with Crippen LogP contribution in [0.15, 0.2) is 24.3 Å². The Kier molecular flexibility index (Phi) is 9.62. The minimum atomic E-state index is 0. The van der Waals surface area contributed by atoms with Crippen LogP contribution in [0.4, 0.5) is 11.4 Å². The molecule has 1 aromatic rings. The van der Waals surface area contributed by atoms with E-state index >= 15 is 0 Å². The van der Waals surface area contributed by atoms with Crippen molar-refractivity contribution >= 4 is 42.1 Å². The molecule has 142 valence electrons. The van der Waals surface area contributed by atoms with E-state index in [9.17, 15) is 4.79 Å². The molecule has 0 aromatic heterocycles. The smallest absolute Gasteiger partial charge is 0.224 e. The third kappa shape index (κ3) is 6.36. The van der Waals surface area contributed by atoms with E-state index in [1.54, 1.807) is 0 Å². The Morgan fingerprint density at radius 3 is 2.72 bits per heavy atom. The monoisotopic (exact) mass is 387 g/mol. The largest absolute Gasteiger partial charge is 0.371 e. The van der Waals surface area contributed by atoms with Crippen LogP contribution in [0.1, 0.15) is 39.0 Å². The Morgan fingerprint density at radius 2 is 2.04 bits per heavy atom. The molecule has 6 heteroatoms. The fourth-order valence-electron chi connectivity index (χ4n) is 3.79. The van der Waals surface area contributed by atoms with Crippen LogP contribution in [0, 0.1) is 11.8 Å². The van der Waals surface area contributed by atoms with E-state index in [1.165, 1.54) is 31.4 Å². The molecule has 1 aromatic carbocycles. The molecule has 1 amide bonds. The van der Waals surface area contributed by atoms with Gasteiger partial charge in [-0.3, -0.25) is 4.79 Å². The van der Waals surface area contributed by atoms with E-state index in [2.05, 4.69) is 34.6 Å². The SMILES string of the molecule is CC(CC(=O)Nc1cccc(N2CCCC2)c1)C1CCCNC1.Cl.Cl. The molecule has 2 fully saturated rings. The fraction of sp³-hybridized carbons (Fsp3) is 0.632. The highest BCUT2D eigenvalue weighted by Crippen LogP contribution is 2.25. The molecule has 4 nitrogen and oxygen atoms in total. The molecule has 0 radical (unpaired) electrons. The second-order valence-corrected chi connectivity index (χ2v) is 7.08.